The second-order valence-corrected chi connectivity index (χ2v) is 8.58. The van der Waals surface area contributed by atoms with E-state index < -0.39 is 0 Å². The number of amides is 2. The maximum atomic E-state index is 12.7. The highest BCUT2D eigenvalue weighted by molar-refractivity contribution is 5.89. The Morgan fingerprint density at radius 1 is 1.00 bits per heavy atom. The third-order valence-electron chi connectivity index (χ3n) is 6.54. The van der Waals surface area contributed by atoms with Crippen molar-refractivity contribution in [3.05, 3.63) is 47.5 Å². The number of hydrogen-bond acceptors (Lipinski definition) is 5. The molecule has 0 aliphatic carbocycles. The second kappa shape index (κ2) is 10.1. The molecular weight excluding hydrogens is 404 g/mol. The van der Waals surface area contributed by atoms with Gasteiger partial charge in [-0.2, -0.15) is 0 Å². The van der Waals surface area contributed by atoms with Crippen molar-refractivity contribution in [3.63, 3.8) is 0 Å². The maximum Gasteiger partial charge on any atom is 0.319 e. The van der Waals surface area contributed by atoms with Crippen LogP contribution in [0.25, 0.3) is 0 Å². The third-order valence-corrected chi connectivity index (χ3v) is 6.54. The van der Waals surface area contributed by atoms with Crippen molar-refractivity contribution >= 4 is 17.4 Å². The van der Waals surface area contributed by atoms with E-state index in [9.17, 15) is 4.79 Å². The van der Waals surface area contributed by atoms with Gasteiger partial charge < -0.3 is 25.0 Å². The number of ether oxygens (including phenoxy) is 2. The van der Waals surface area contributed by atoms with Crippen LogP contribution >= 0.6 is 0 Å². The number of urea groups is 1. The molecule has 1 fully saturated rings. The zero-order chi connectivity index (χ0) is 22.5. The number of nitrogens with one attached hydrogen (secondary N) is 2. The molecule has 172 valence electrons. The minimum Gasteiger partial charge on any atom is -0.493 e. The van der Waals surface area contributed by atoms with Crippen LogP contribution in [0.5, 0.6) is 11.5 Å². The molecule has 1 saturated heterocycles. The van der Waals surface area contributed by atoms with Gasteiger partial charge >= 0.3 is 6.03 Å². The lowest BCUT2D eigenvalue weighted by atomic mass is 9.98. The van der Waals surface area contributed by atoms with Crippen molar-refractivity contribution in [1.82, 2.24) is 10.2 Å². The molecule has 0 radical (unpaired) electrons. The number of rotatable bonds is 7. The minimum atomic E-state index is -0.222. The van der Waals surface area contributed by atoms with Gasteiger partial charge in [-0.3, -0.25) is 4.90 Å². The molecule has 7 heteroatoms. The average molecular weight is 439 g/mol. The average Bonchev–Trinajstić information content (AvgIpc) is 3.20. The van der Waals surface area contributed by atoms with Gasteiger partial charge in [-0.1, -0.05) is 18.6 Å². The third kappa shape index (κ3) is 4.93. The van der Waals surface area contributed by atoms with Crippen molar-refractivity contribution < 1.29 is 14.3 Å². The number of carbonyl (C=O) groups is 1. The summed E-state index contributed by atoms with van der Waals surface area (Å²) in [4.78, 5) is 17.5. The summed E-state index contributed by atoms with van der Waals surface area (Å²) in [6.07, 6.45) is 4.79. The molecule has 2 amide bonds. The number of benzene rings is 2. The van der Waals surface area contributed by atoms with Crippen LogP contribution in [0.3, 0.4) is 0 Å². The molecule has 7 nitrogen and oxygen atoms in total. The van der Waals surface area contributed by atoms with E-state index >= 15 is 0 Å². The molecule has 0 spiro atoms. The summed E-state index contributed by atoms with van der Waals surface area (Å²) in [6, 6.07) is 12.1. The Hall–Kier alpha value is -2.93. The van der Waals surface area contributed by atoms with Crippen molar-refractivity contribution in [3.8, 4) is 11.5 Å². The number of hydrogen-bond donors (Lipinski definition) is 2. The second-order valence-electron chi connectivity index (χ2n) is 8.58. The van der Waals surface area contributed by atoms with Crippen LogP contribution in [0.4, 0.5) is 16.2 Å². The molecule has 4 rings (SSSR count). The van der Waals surface area contributed by atoms with Crippen LogP contribution in [0.15, 0.2) is 36.4 Å². The van der Waals surface area contributed by atoms with Crippen LogP contribution < -0.4 is 25.0 Å². The molecule has 2 heterocycles. The number of likely N-dealkylation sites (N-methyl/N-ethyl adjacent to an activating group) is 1. The Morgan fingerprint density at radius 3 is 2.53 bits per heavy atom. The van der Waals surface area contributed by atoms with E-state index in [2.05, 4.69) is 45.7 Å². The first-order valence-corrected chi connectivity index (χ1v) is 11.4. The number of fused-ring (bicyclic) bond motifs is 1. The highest BCUT2D eigenvalue weighted by Crippen LogP contribution is 2.32. The minimum absolute atomic E-state index is 0.169. The number of likely N-dealkylation sites (tertiary alicyclic amines) is 1. The lowest BCUT2D eigenvalue weighted by Crippen LogP contribution is -2.41. The number of carbonyl (C=O) groups excluding carboxylic acids is 1. The molecular formula is C25H34N4O3. The number of methoxy groups -OCH3 is 2. The zero-order valence-electron chi connectivity index (χ0n) is 19.3. The van der Waals surface area contributed by atoms with Gasteiger partial charge in [0.15, 0.2) is 11.5 Å². The summed E-state index contributed by atoms with van der Waals surface area (Å²) in [7, 11) is 5.32. The molecule has 32 heavy (non-hydrogen) atoms. The van der Waals surface area contributed by atoms with Gasteiger partial charge in [0.05, 0.1) is 20.3 Å². The summed E-state index contributed by atoms with van der Waals surface area (Å²) < 4.78 is 10.6. The molecule has 2 aromatic carbocycles. The van der Waals surface area contributed by atoms with Crippen molar-refractivity contribution in [2.75, 3.05) is 57.7 Å². The quantitative estimate of drug-likeness (QED) is 0.683. The fourth-order valence-electron chi connectivity index (χ4n) is 4.76. The number of piperidine rings is 1. The highest BCUT2D eigenvalue weighted by atomic mass is 16.5. The summed E-state index contributed by atoms with van der Waals surface area (Å²) in [5.74, 6) is 1.21. The SMILES string of the molecule is COc1ccc(NC(=O)NC[C@H](c2ccc3c(c2)CCN3C)N2CCCCC2)cc1OC. The summed E-state index contributed by atoms with van der Waals surface area (Å²) in [5, 5.41) is 6.01. The van der Waals surface area contributed by atoms with E-state index in [1.807, 2.05) is 0 Å². The van der Waals surface area contributed by atoms with Gasteiger partial charge in [0, 0.05) is 37.6 Å². The van der Waals surface area contributed by atoms with Gasteiger partial charge in [-0.15, -0.1) is 0 Å². The maximum absolute atomic E-state index is 12.7. The van der Waals surface area contributed by atoms with Gasteiger partial charge in [-0.25, -0.2) is 4.79 Å². The monoisotopic (exact) mass is 438 g/mol. The van der Waals surface area contributed by atoms with E-state index in [0.717, 1.165) is 26.1 Å². The lowest BCUT2D eigenvalue weighted by molar-refractivity contribution is 0.161. The van der Waals surface area contributed by atoms with E-state index in [0.29, 0.717) is 23.7 Å². The molecule has 0 aromatic heterocycles. The van der Waals surface area contributed by atoms with E-state index in [4.69, 9.17) is 9.47 Å². The van der Waals surface area contributed by atoms with Crippen molar-refractivity contribution in [2.45, 2.75) is 31.7 Å². The van der Waals surface area contributed by atoms with Crippen LogP contribution in [-0.4, -0.2) is 58.4 Å². The highest BCUT2D eigenvalue weighted by Gasteiger charge is 2.25. The standard InChI is InChI=1S/C25H34N4O3/c1-28-14-11-19-15-18(7-9-21(19)28)22(29-12-5-4-6-13-29)17-26-25(30)27-20-8-10-23(31-2)24(16-20)32-3/h7-10,15-16,22H,4-6,11-14,17H2,1-3H3,(H2,26,27,30)/t22-/m1/s1. The number of anilines is 2. The largest absolute Gasteiger partial charge is 0.493 e. The van der Waals surface area contributed by atoms with Crippen LogP contribution in [-0.2, 0) is 6.42 Å². The predicted molar refractivity (Wildman–Crippen MR) is 128 cm³/mol. The van der Waals surface area contributed by atoms with E-state index in [1.54, 1.807) is 32.4 Å². The molecule has 2 aliphatic rings. The van der Waals surface area contributed by atoms with Gasteiger partial charge in [0.1, 0.15) is 0 Å². The summed E-state index contributed by atoms with van der Waals surface area (Å²) in [5.41, 5.74) is 4.68. The zero-order valence-corrected chi connectivity index (χ0v) is 19.3. The van der Waals surface area contributed by atoms with Crippen molar-refractivity contribution in [2.24, 2.45) is 0 Å². The summed E-state index contributed by atoms with van der Waals surface area (Å²) >= 11 is 0. The van der Waals surface area contributed by atoms with Crippen LogP contribution in [0.1, 0.15) is 36.4 Å². The van der Waals surface area contributed by atoms with Crippen molar-refractivity contribution in [1.29, 1.82) is 0 Å². The Kier molecular flexibility index (Phi) is 7.05. The Balaban J connectivity index is 1.45. The van der Waals surface area contributed by atoms with E-state index in [1.165, 1.54) is 36.1 Å². The molecule has 0 saturated carbocycles. The molecule has 0 unspecified atom stereocenters. The summed E-state index contributed by atoms with van der Waals surface area (Å²) in [6.45, 7) is 3.77. The Labute approximate surface area is 190 Å². The fraction of sp³-hybridized carbons (Fsp3) is 0.480. The lowest BCUT2D eigenvalue weighted by Gasteiger charge is -2.35. The molecule has 2 N–H and O–H groups in total. The van der Waals surface area contributed by atoms with Crippen LogP contribution in [0, 0.1) is 0 Å². The first kappa shape index (κ1) is 22.3. The fourth-order valence-corrected chi connectivity index (χ4v) is 4.76. The normalized spacial score (nSPS) is 16.9. The Bertz CT molecular complexity index is 943. The molecule has 2 aliphatic heterocycles. The Morgan fingerprint density at radius 2 is 1.78 bits per heavy atom. The van der Waals surface area contributed by atoms with E-state index in [-0.39, 0.29) is 12.1 Å². The van der Waals surface area contributed by atoms with Gasteiger partial charge in [0.2, 0.25) is 0 Å². The predicted octanol–water partition coefficient (Wildman–Crippen LogP) is 4.04. The first-order valence-electron chi connectivity index (χ1n) is 11.4. The number of nitrogens with zero attached hydrogens (tertiary/aromatic N) is 2. The molecule has 2 aromatic rings. The van der Waals surface area contributed by atoms with Gasteiger partial charge in [0.25, 0.3) is 0 Å². The van der Waals surface area contributed by atoms with Gasteiger partial charge in [-0.05, 0) is 61.7 Å². The topological polar surface area (TPSA) is 66.1 Å². The smallest absolute Gasteiger partial charge is 0.319 e. The molecule has 1 atom stereocenters. The molecule has 0 bridgehead atoms. The first-order chi connectivity index (χ1) is 15.6. The van der Waals surface area contributed by atoms with Crippen LogP contribution in [0.2, 0.25) is 0 Å².